The van der Waals surface area contributed by atoms with Crippen LogP contribution in [0.4, 0.5) is 0 Å². The zero-order chi connectivity index (χ0) is 17.6. The SMILES string of the molecule is Cl.NC(=O)c1cccc(OCCC(=O)N2CCC(NCC3CC3)CC2)c1. The molecule has 1 aromatic rings. The highest BCUT2D eigenvalue weighted by Crippen LogP contribution is 2.28. The molecule has 2 amide bonds. The molecule has 3 N–H and O–H groups in total. The number of primary amides is 1. The van der Waals surface area contributed by atoms with Gasteiger partial charge in [0.2, 0.25) is 11.8 Å². The molecule has 144 valence electrons. The largest absolute Gasteiger partial charge is 0.493 e. The first kappa shape index (κ1) is 20.5. The zero-order valence-electron chi connectivity index (χ0n) is 15.0. The Morgan fingerprint density at radius 1 is 1.19 bits per heavy atom. The van der Waals surface area contributed by atoms with E-state index in [0.29, 0.717) is 30.4 Å². The number of nitrogens with two attached hydrogens (primary N) is 1. The first-order chi connectivity index (χ1) is 12.1. The van der Waals surface area contributed by atoms with Crippen molar-refractivity contribution in [1.29, 1.82) is 0 Å². The molecule has 0 atom stereocenters. The number of likely N-dealkylation sites (tertiary alicyclic amines) is 1. The Morgan fingerprint density at radius 3 is 2.58 bits per heavy atom. The molecule has 3 rings (SSSR count). The highest BCUT2D eigenvalue weighted by Gasteiger charge is 2.25. The van der Waals surface area contributed by atoms with Gasteiger partial charge in [-0.2, -0.15) is 0 Å². The molecule has 2 fully saturated rings. The van der Waals surface area contributed by atoms with Gasteiger partial charge in [-0.15, -0.1) is 12.4 Å². The predicted octanol–water partition coefficient (Wildman–Crippen LogP) is 1.97. The van der Waals surface area contributed by atoms with Gasteiger partial charge in [0.1, 0.15) is 5.75 Å². The number of nitrogens with zero attached hydrogens (tertiary/aromatic N) is 1. The Labute approximate surface area is 160 Å². The minimum atomic E-state index is -0.486. The van der Waals surface area contributed by atoms with Crippen molar-refractivity contribution < 1.29 is 14.3 Å². The van der Waals surface area contributed by atoms with E-state index in [4.69, 9.17) is 10.5 Å². The van der Waals surface area contributed by atoms with E-state index >= 15 is 0 Å². The lowest BCUT2D eigenvalue weighted by molar-refractivity contribution is -0.132. The molecule has 1 heterocycles. The Hall–Kier alpha value is -1.79. The number of hydrogen-bond acceptors (Lipinski definition) is 4. The summed E-state index contributed by atoms with van der Waals surface area (Å²) in [6.45, 7) is 3.08. The van der Waals surface area contributed by atoms with Gasteiger partial charge in [-0.3, -0.25) is 9.59 Å². The zero-order valence-corrected chi connectivity index (χ0v) is 15.8. The minimum absolute atomic E-state index is 0. The topological polar surface area (TPSA) is 84.7 Å². The third-order valence-corrected chi connectivity index (χ3v) is 4.94. The van der Waals surface area contributed by atoms with Crippen molar-refractivity contribution >= 4 is 24.2 Å². The standard InChI is InChI=1S/C19H27N3O3.ClH/c20-19(24)15-2-1-3-17(12-15)25-11-8-18(23)22-9-6-16(7-10-22)21-13-14-4-5-14;/h1-3,12,14,16,21H,4-11,13H2,(H2,20,24);1H. The van der Waals surface area contributed by atoms with Crippen LogP contribution >= 0.6 is 12.4 Å². The number of halogens is 1. The maximum Gasteiger partial charge on any atom is 0.248 e. The molecule has 0 radical (unpaired) electrons. The summed E-state index contributed by atoms with van der Waals surface area (Å²) in [5, 5.41) is 3.62. The van der Waals surface area contributed by atoms with E-state index in [1.165, 1.54) is 12.8 Å². The number of ether oxygens (including phenoxy) is 1. The van der Waals surface area contributed by atoms with E-state index in [0.717, 1.165) is 38.4 Å². The normalized spacial score (nSPS) is 17.5. The number of rotatable bonds is 8. The van der Waals surface area contributed by atoms with Gasteiger partial charge in [-0.25, -0.2) is 0 Å². The first-order valence-corrected chi connectivity index (χ1v) is 9.15. The fourth-order valence-corrected chi connectivity index (χ4v) is 3.14. The van der Waals surface area contributed by atoms with Crippen LogP contribution in [0.15, 0.2) is 24.3 Å². The smallest absolute Gasteiger partial charge is 0.248 e. The van der Waals surface area contributed by atoms with Gasteiger partial charge in [-0.1, -0.05) is 6.07 Å². The molecule has 1 aromatic carbocycles. The molecule has 6 nitrogen and oxygen atoms in total. The lowest BCUT2D eigenvalue weighted by atomic mass is 10.0. The number of carbonyl (C=O) groups is 2. The number of hydrogen-bond donors (Lipinski definition) is 2. The number of nitrogens with one attached hydrogen (secondary N) is 1. The van der Waals surface area contributed by atoms with Crippen molar-refractivity contribution in [1.82, 2.24) is 10.2 Å². The van der Waals surface area contributed by atoms with E-state index < -0.39 is 5.91 Å². The molecule has 1 saturated heterocycles. The van der Waals surface area contributed by atoms with E-state index in [9.17, 15) is 9.59 Å². The summed E-state index contributed by atoms with van der Waals surface area (Å²) in [6, 6.07) is 7.27. The molecule has 1 saturated carbocycles. The van der Waals surface area contributed by atoms with Gasteiger partial charge in [-0.05, 0) is 56.3 Å². The van der Waals surface area contributed by atoms with Gasteiger partial charge in [0.25, 0.3) is 0 Å². The van der Waals surface area contributed by atoms with Crippen molar-refractivity contribution in [2.75, 3.05) is 26.2 Å². The van der Waals surface area contributed by atoms with Crippen LogP contribution in [0.1, 0.15) is 42.5 Å². The molecule has 0 bridgehead atoms. The van der Waals surface area contributed by atoms with Gasteiger partial charge in [0.15, 0.2) is 0 Å². The van der Waals surface area contributed by atoms with Crippen LogP contribution in [0.5, 0.6) is 5.75 Å². The highest BCUT2D eigenvalue weighted by atomic mass is 35.5. The maximum atomic E-state index is 12.3. The monoisotopic (exact) mass is 381 g/mol. The third-order valence-electron chi connectivity index (χ3n) is 4.94. The summed E-state index contributed by atoms with van der Waals surface area (Å²) in [5.74, 6) is 1.10. The van der Waals surface area contributed by atoms with Crippen LogP contribution in [-0.4, -0.2) is 49.0 Å². The molecule has 0 aromatic heterocycles. The number of piperidine rings is 1. The van der Waals surface area contributed by atoms with Crippen molar-refractivity contribution in [2.45, 2.75) is 38.1 Å². The van der Waals surface area contributed by atoms with Crippen LogP contribution in [-0.2, 0) is 4.79 Å². The predicted molar refractivity (Wildman–Crippen MR) is 103 cm³/mol. The summed E-state index contributed by atoms with van der Waals surface area (Å²) in [6.07, 6.45) is 5.14. The van der Waals surface area contributed by atoms with Crippen molar-refractivity contribution in [3.63, 3.8) is 0 Å². The molecule has 1 aliphatic heterocycles. The fraction of sp³-hybridized carbons (Fsp3) is 0.579. The Balaban J connectivity index is 0.00000243. The van der Waals surface area contributed by atoms with Crippen LogP contribution < -0.4 is 15.8 Å². The average Bonchev–Trinajstić information content (AvgIpc) is 3.45. The van der Waals surface area contributed by atoms with E-state index in [1.54, 1.807) is 24.3 Å². The summed E-state index contributed by atoms with van der Waals surface area (Å²) < 4.78 is 5.58. The number of carbonyl (C=O) groups excluding carboxylic acids is 2. The van der Waals surface area contributed by atoms with Crippen molar-refractivity contribution in [3.05, 3.63) is 29.8 Å². The van der Waals surface area contributed by atoms with Crippen LogP contribution in [0.25, 0.3) is 0 Å². The Morgan fingerprint density at radius 2 is 1.92 bits per heavy atom. The summed E-state index contributed by atoms with van der Waals surface area (Å²) in [7, 11) is 0. The Bertz CT molecular complexity index is 614. The lowest BCUT2D eigenvalue weighted by Crippen LogP contribution is -2.45. The Kier molecular flexibility index (Phi) is 7.72. The van der Waals surface area contributed by atoms with Gasteiger partial charge in [0, 0.05) is 24.7 Å². The first-order valence-electron chi connectivity index (χ1n) is 9.15. The molecule has 7 heteroatoms. The molecule has 0 spiro atoms. The highest BCUT2D eigenvalue weighted by molar-refractivity contribution is 5.93. The molecule has 0 unspecified atom stereocenters. The fourth-order valence-electron chi connectivity index (χ4n) is 3.14. The molecule has 2 aliphatic rings. The van der Waals surface area contributed by atoms with Gasteiger partial charge in [0.05, 0.1) is 13.0 Å². The second kappa shape index (κ2) is 9.78. The number of amides is 2. The maximum absolute atomic E-state index is 12.3. The second-order valence-electron chi connectivity index (χ2n) is 7.00. The van der Waals surface area contributed by atoms with Crippen molar-refractivity contribution in [3.8, 4) is 5.75 Å². The summed E-state index contributed by atoms with van der Waals surface area (Å²) in [5.41, 5.74) is 5.66. The molecular formula is C19H28ClN3O3. The summed E-state index contributed by atoms with van der Waals surface area (Å²) in [4.78, 5) is 25.4. The van der Waals surface area contributed by atoms with Gasteiger partial charge < -0.3 is 20.7 Å². The molecule has 26 heavy (non-hydrogen) atoms. The van der Waals surface area contributed by atoms with Gasteiger partial charge >= 0.3 is 0 Å². The third kappa shape index (κ3) is 6.18. The minimum Gasteiger partial charge on any atom is -0.493 e. The average molecular weight is 382 g/mol. The second-order valence-corrected chi connectivity index (χ2v) is 7.00. The number of benzene rings is 1. The summed E-state index contributed by atoms with van der Waals surface area (Å²) >= 11 is 0. The lowest BCUT2D eigenvalue weighted by Gasteiger charge is -2.32. The quantitative estimate of drug-likeness (QED) is 0.721. The van der Waals surface area contributed by atoms with Crippen LogP contribution in [0.3, 0.4) is 0 Å². The molecule has 1 aliphatic carbocycles. The van der Waals surface area contributed by atoms with E-state index in [-0.39, 0.29) is 18.3 Å². The molecular weight excluding hydrogens is 354 g/mol. The van der Waals surface area contributed by atoms with Crippen molar-refractivity contribution in [2.24, 2.45) is 11.7 Å². The van der Waals surface area contributed by atoms with E-state index in [2.05, 4.69) is 5.32 Å². The van der Waals surface area contributed by atoms with Crippen LogP contribution in [0.2, 0.25) is 0 Å². The van der Waals surface area contributed by atoms with Crippen LogP contribution in [0, 0.1) is 5.92 Å². The van der Waals surface area contributed by atoms with E-state index in [1.807, 2.05) is 4.90 Å².